The first-order valence-electron chi connectivity index (χ1n) is 10.5. The highest BCUT2D eigenvalue weighted by molar-refractivity contribution is 7.91. The lowest BCUT2D eigenvalue weighted by Gasteiger charge is -2.38. The molecule has 0 bridgehead atoms. The number of hydrogen-bond acceptors (Lipinski definition) is 5. The van der Waals surface area contributed by atoms with E-state index in [1.54, 1.807) is 36.4 Å². The average Bonchev–Trinajstić information content (AvgIpc) is 2.84. The number of piperazine rings is 1. The van der Waals surface area contributed by atoms with Crippen molar-refractivity contribution in [3.8, 4) is 0 Å². The standard InChI is InChI=1S/C25H22ClN3O2S/c26-19-11-12-23-22(17-19)25(24(18-27-23)32(30,31)21-9-5-2-6-10-21)29-15-13-28(14-16-29)20-7-3-1-4-8-20/h1-12,17-18H,13-16H2. The van der Waals surface area contributed by atoms with Crippen LogP contribution in [0.4, 0.5) is 11.4 Å². The van der Waals surface area contributed by atoms with Gasteiger partial charge in [-0.1, -0.05) is 48.0 Å². The smallest absolute Gasteiger partial charge is 0.210 e. The molecular weight excluding hydrogens is 442 g/mol. The third kappa shape index (κ3) is 3.80. The van der Waals surface area contributed by atoms with E-state index in [0.717, 1.165) is 24.0 Å². The Morgan fingerprint density at radius 1 is 0.781 bits per heavy atom. The Bertz CT molecular complexity index is 1350. The highest BCUT2D eigenvalue weighted by atomic mass is 35.5. The van der Waals surface area contributed by atoms with Gasteiger partial charge in [-0.05, 0) is 42.5 Å². The summed E-state index contributed by atoms with van der Waals surface area (Å²) < 4.78 is 27.2. The van der Waals surface area contributed by atoms with Crippen LogP contribution in [-0.4, -0.2) is 39.6 Å². The van der Waals surface area contributed by atoms with Crippen molar-refractivity contribution in [2.75, 3.05) is 36.0 Å². The summed E-state index contributed by atoms with van der Waals surface area (Å²) in [5.41, 5.74) is 2.57. The normalized spacial score (nSPS) is 14.7. The monoisotopic (exact) mass is 463 g/mol. The Balaban J connectivity index is 1.60. The van der Waals surface area contributed by atoms with Crippen LogP contribution in [0.2, 0.25) is 5.02 Å². The van der Waals surface area contributed by atoms with Crippen molar-refractivity contribution in [1.82, 2.24) is 4.98 Å². The molecule has 1 saturated heterocycles. The van der Waals surface area contributed by atoms with Crippen molar-refractivity contribution in [3.05, 3.63) is 90.1 Å². The molecular formula is C25H22ClN3O2S. The minimum absolute atomic E-state index is 0.214. The SMILES string of the molecule is O=S(=O)(c1ccccc1)c1cnc2ccc(Cl)cc2c1N1CCN(c2ccccc2)CC1. The lowest BCUT2D eigenvalue weighted by atomic mass is 10.1. The minimum atomic E-state index is -3.75. The van der Waals surface area contributed by atoms with Gasteiger partial charge < -0.3 is 9.80 Å². The van der Waals surface area contributed by atoms with Gasteiger partial charge in [-0.3, -0.25) is 4.98 Å². The first-order chi connectivity index (χ1) is 15.5. The maximum absolute atomic E-state index is 13.6. The fourth-order valence-electron chi connectivity index (χ4n) is 4.21. The number of rotatable bonds is 4. The van der Waals surface area contributed by atoms with Gasteiger partial charge in [-0.25, -0.2) is 8.42 Å². The van der Waals surface area contributed by atoms with Gasteiger partial charge in [0.2, 0.25) is 9.84 Å². The van der Waals surface area contributed by atoms with Crippen LogP contribution < -0.4 is 9.80 Å². The number of hydrogen-bond donors (Lipinski definition) is 0. The van der Waals surface area contributed by atoms with Gasteiger partial charge in [0.05, 0.1) is 16.1 Å². The van der Waals surface area contributed by atoms with Crippen LogP contribution in [0.25, 0.3) is 10.9 Å². The summed E-state index contributed by atoms with van der Waals surface area (Å²) in [6.07, 6.45) is 1.48. The predicted molar refractivity (Wildman–Crippen MR) is 130 cm³/mol. The van der Waals surface area contributed by atoms with Crippen molar-refractivity contribution in [2.45, 2.75) is 9.79 Å². The zero-order chi connectivity index (χ0) is 22.1. The number of fused-ring (bicyclic) bond motifs is 1. The van der Waals surface area contributed by atoms with E-state index in [1.807, 2.05) is 30.3 Å². The lowest BCUT2D eigenvalue weighted by molar-refractivity contribution is 0.594. The molecule has 0 radical (unpaired) electrons. The predicted octanol–water partition coefficient (Wildman–Crippen LogP) is 5.05. The number of aromatic nitrogens is 1. The second-order valence-electron chi connectivity index (χ2n) is 7.76. The van der Waals surface area contributed by atoms with E-state index in [2.05, 4.69) is 26.9 Å². The number of anilines is 2. The molecule has 0 saturated carbocycles. The number of halogens is 1. The molecule has 4 aromatic rings. The summed E-state index contributed by atoms with van der Waals surface area (Å²) in [4.78, 5) is 9.39. The Kier molecular flexibility index (Phi) is 5.49. The Morgan fingerprint density at radius 2 is 1.41 bits per heavy atom. The molecule has 5 rings (SSSR count). The lowest BCUT2D eigenvalue weighted by Crippen LogP contribution is -2.47. The molecule has 3 aromatic carbocycles. The second kappa shape index (κ2) is 8.45. The van der Waals surface area contributed by atoms with Crippen molar-refractivity contribution >= 4 is 43.7 Å². The van der Waals surface area contributed by atoms with Gasteiger partial charge in [0.15, 0.2) is 0 Å². The largest absolute Gasteiger partial charge is 0.368 e. The maximum atomic E-state index is 13.6. The summed E-state index contributed by atoms with van der Waals surface area (Å²) in [6.45, 7) is 2.97. The molecule has 7 heteroatoms. The van der Waals surface area contributed by atoms with Gasteiger partial charge in [0.25, 0.3) is 0 Å². The molecule has 1 aromatic heterocycles. The van der Waals surface area contributed by atoms with Crippen LogP contribution >= 0.6 is 11.6 Å². The molecule has 5 nitrogen and oxygen atoms in total. The quantitative estimate of drug-likeness (QED) is 0.424. The maximum Gasteiger partial charge on any atom is 0.210 e. The number of pyridine rings is 1. The van der Waals surface area contributed by atoms with E-state index in [9.17, 15) is 8.42 Å². The summed E-state index contributed by atoms with van der Waals surface area (Å²) >= 11 is 6.31. The number of para-hydroxylation sites is 1. The molecule has 1 aliphatic heterocycles. The zero-order valence-electron chi connectivity index (χ0n) is 17.4. The topological polar surface area (TPSA) is 53.5 Å². The first kappa shape index (κ1) is 20.8. The van der Waals surface area contributed by atoms with E-state index in [-0.39, 0.29) is 9.79 Å². The second-order valence-corrected chi connectivity index (χ2v) is 10.1. The molecule has 2 heterocycles. The molecule has 1 aliphatic rings. The van der Waals surface area contributed by atoms with E-state index in [4.69, 9.17) is 11.6 Å². The highest BCUT2D eigenvalue weighted by Crippen LogP contribution is 2.37. The summed E-state index contributed by atoms with van der Waals surface area (Å²) in [5.74, 6) is 0. The van der Waals surface area contributed by atoms with Crippen molar-refractivity contribution in [2.24, 2.45) is 0 Å². The number of benzene rings is 3. The Hall–Kier alpha value is -3.09. The molecule has 162 valence electrons. The van der Waals surface area contributed by atoms with Crippen molar-refractivity contribution in [3.63, 3.8) is 0 Å². The molecule has 1 fully saturated rings. The fourth-order valence-corrected chi connectivity index (χ4v) is 5.84. The van der Waals surface area contributed by atoms with Crippen LogP contribution in [-0.2, 0) is 9.84 Å². The third-order valence-corrected chi connectivity index (χ3v) is 7.83. The van der Waals surface area contributed by atoms with E-state index in [0.29, 0.717) is 23.8 Å². The van der Waals surface area contributed by atoms with E-state index >= 15 is 0 Å². The minimum Gasteiger partial charge on any atom is -0.368 e. The zero-order valence-corrected chi connectivity index (χ0v) is 18.9. The van der Waals surface area contributed by atoms with Crippen molar-refractivity contribution in [1.29, 1.82) is 0 Å². The molecule has 0 N–H and O–H groups in total. The molecule has 32 heavy (non-hydrogen) atoms. The van der Waals surface area contributed by atoms with Crippen LogP contribution in [0.3, 0.4) is 0 Å². The molecule has 0 amide bonds. The number of sulfone groups is 1. The molecule has 0 unspecified atom stereocenters. The molecule has 0 atom stereocenters. The van der Waals surface area contributed by atoms with Crippen LogP contribution in [0.1, 0.15) is 0 Å². The van der Waals surface area contributed by atoms with Gasteiger partial charge in [0.1, 0.15) is 4.90 Å². The van der Waals surface area contributed by atoms with Gasteiger partial charge >= 0.3 is 0 Å². The summed E-state index contributed by atoms with van der Waals surface area (Å²) in [7, 11) is -3.75. The van der Waals surface area contributed by atoms with Crippen LogP contribution in [0.15, 0.2) is 94.9 Å². The van der Waals surface area contributed by atoms with E-state index in [1.165, 1.54) is 11.9 Å². The first-order valence-corrected chi connectivity index (χ1v) is 12.3. The Labute approximate surface area is 192 Å². The van der Waals surface area contributed by atoms with Crippen LogP contribution in [0, 0.1) is 0 Å². The number of nitrogens with zero attached hydrogens (tertiary/aromatic N) is 3. The third-order valence-electron chi connectivity index (χ3n) is 5.83. The van der Waals surface area contributed by atoms with E-state index < -0.39 is 9.84 Å². The average molecular weight is 464 g/mol. The molecule has 0 aliphatic carbocycles. The van der Waals surface area contributed by atoms with Gasteiger partial charge in [-0.15, -0.1) is 0 Å². The molecule has 0 spiro atoms. The summed E-state index contributed by atoms with van der Waals surface area (Å²) in [6, 6.07) is 24.2. The summed E-state index contributed by atoms with van der Waals surface area (Å²) in [5, 5.41) is 1.31. The fraction of sp³-hybridized carbons (Fsp3) is 0.160. The van der Waals surface area contributed by atoms with Crippen molar-refractivity contribution < 1.29 is 8.42 Å². The van der Waals surface area contributed by atoms with Crippen LogP contribution in [0.5, 0.6) is 0 Å². The Morgan fingerprint density at radius 3 is 2.09 bits per heavy atom. The highest BCUT2D eigenvalue weighted by Gasteiger charge is 2.28. The van der Waals surface area contributed by atoms with Gasteiger partial charge in [0, 0.05) is 48.5 Å². The van der Waals surface area contributed by atoms with Gasteiger partial charge in [-0.2, -0.15) is 0 Å².